The second-order valence-electron chi connectivity index (χ2n) is 5.17. The minimum atomic E-state index is -0.465. The van der Waals surface area contributed by atoms with E-state index in [1.165, 1.54) is 0 Å². The fourth-order valence-electron chi connectivity index (χ4n) is 2.39. The molecular formula is C17H16FN3O2. The third kappa shape index (κ3) is 3.06. The van der Waals surface area contributed by atoms with Crippen molar-refractivity contribution in [2.24, 2.45) is 0 Å². The molecule has 0 radical (unpaired) electrons. The normalized spacial score (nSPS) is 10.9. The van der Waals surface area contributed by atoms with Crippen LogP contribution in [0.15, 0.2) is 40.9 Å². The third-order valence-corrected chi connectivity index (χ3v) is 3.53. The number of carbonyl (C=O) groups is 1. The smallest absolute Gasteiger partial charge is 0.259 e. The Morgan fingerprint density at radius 2 is 2.09 bits per heavy atom. The summed E-state index contributed by atoms with van der Waals surface area (Å²) in [6.07, 6.45) is 0.286. The molecule has 0 fully saturated rings. The summed E-state index contributed by atoms with van der Waals surface area (Å²) in [7, 11) is 0. The molecule has 0 aliphatic carbocycles. The van der Waals surface area contributed by atoms with Gasteiger partial charge in [-0.1, -0.05) is 35.5 Å². The molecule has 0 aliphatic heterocycles. The van der Waals surface area contributed by atoms with Gasteiger partial charge in [0.25, 0.3) is 11.6 Å². The summed E-state index contributed by atoms with van der Waals surface area (Å²) >= 11 is 0. The van der Waals surface area contributed by atoms with Crippen LogP contribution in [0.3, 0.4) is 0 Å². The summed E-state index contributed by atoms with van der Waals surface area (Å²) in [6.45, 7) is 1.58. The summed E-state index contributed by atoms with van der Waals surface area (Å²) in [6, 6.07) is 11.2. The summed E-state index contributed by atoms with van der Waals surface area (Å²) in [5.41, 5.74) is 2.86. The lowest BCUT2D eigenvalue weighted by Gasteiger charge is -2.07. The van der Waals surface area contributed by atoms with Crippen LogP contribution in [-0.4, -0.2) is 29.3 Å². The van der Waals surface area contributed by atoms with Gasteiger partial charge in [-0.3, -0.25) is 9.18 Å². The molecule has 0 spiro atoms. The van der Waals surface area contributed by atoms with Crippen LogP contribution in [0.4, 0.5) is 4.39 Å². The van der Waals surface area contributed by atoms with Crippen molar-refractivity contribution in [2.75, 3.05) is 13.2 Å². The number of nitrogens with one attached hydrogen (secondary N) is 1. The van der Waals surface area contributed by atoms with E-state index in [1.807, 2.05) is 30.3 Å². The number of fused-ring (bicyclic) bond motifs is 1. The number of hydrogen-bond acceptors (Lipinski definition) is 4. The lowest BCUT2D eigenvalue weighted by Crippen LogP contribution is -2.25. The maximum absolute atomic E-state index is 12.4. The van der Waals surface area contributed by atoms with Crippen molar-refractivity contribution in [1.82, 2.24) is 15.5 Å². The summed E-state index contributed by atoms with van der Waals surface area (Å²) in [4.78, 5) is 16.9. The summed E-state index contributed by atoms with van der Waals surface area (Å²) < 4.78 is 17.4. The molecule has 3 aromatic rings. The van der Waals surface area contributed by atoms with Crippen LogP contribution < -0.4 is 5.32 Å². The Morgan fingerprint density at radius 1 is 1.30 bits per heavy atom. The van der Waals surface area contributed by atoms with Crippen LogP contribution in [0.2, 0.25) is 0 Å². The van der Waals surface area contributed by atoms with Gasteiger partial charge in [0.05, 0.1) is 29.0 Å². The number of nitrogens with zero attached hydrogens (tertiary/aromatic N) is 2. The predicted molar refractivity (Wildman–Crippen MR) is 84.9 cm³/mol. The van der Waals surface area contributed by atoms with Gasteiger partial charge in [-0.25, -0.2) is 4.98 Å². The lowest BCUT2D eigenvalue weighted by atomic mass is 10.1. The standard InChI is InChI=1S/C17H16FN3O2/c1-11-15-13(16(22)19-9-5-8-18)10-14(20-17(15)23-21-11)12-6-3-2-4-7-12/h2-4,6-7,10H,5,8-9H2,1H3,(H,19,22). The Hall–Kier alpha value is -2.76. The Labute approximate surface area is 132 Å². The Balaban J connectivity index is 2.07. The number of aryl methyl sites for hydroxylation is 1. The fraction of sp³-hybridized carbons (Fsp3) is 0.235. The second kappa shape index (κ2) is 6.56. The molecule has 0 unspecified atom stereocenters. The molecule has 23 heavy (non-hydrogen) atoms. The minimum Gasteiger partial charge on any atom is -0.352 e. The van der Waals surface area contributed by atoms with E-state index in [-0.39, 0.29) is 18.9 Å². The highest BCUT2D eigenvalue weighted by Crippen LogP contribution is 2.26. The molecule has 0 atom stereocenters. The molecule has 118 valence electrons. The zero-order valence-corrected chi connectivity index (χ0v) is 12.7. The molecule has 1 amide bonds. The number of pyridine rings is 1. The highest BCUT2D eigenvalue weighted by atomic mass is 19.1. The first-order valence-electron chi connectivity index (χ1n) is 7.37. The van der Waals surface area contributed by atoms with Crippen molar-refractivity contribution < 1.29 is 13.7 Å². The third-order valence-electron chi connectivity index (χ3n) is 3.53. The predicted octanol–water partition coefficient (Wildman–Crippen LogP) is 3.29. The van der Waals surface area contributed by atoms with Crippen LogP contribution in [0.5, 0.6) is 0 Å². The number of benzene rings is 1. The maximum atomic E-state index is 12.4. The van der Waals surface area contributed by atoms with Crippen molar-refractivity contribution in [1.29, 1.82) is 0 Å². The molecule has 2 aromatic heterocycles. The molecule has 6 heteroatoms. The number of amides is 1. The van der Waals surface area contributed by atoms with E-state index >= 15 is 0 Å². The molecule has 1 N–H and O–H groups in total. The second-order valence-corrected chi connectivity index (χ2v) is 5.17. The van der Waals surface area contributed by atoms with Crippen molar-refractivity contribution in [3.05, 3.63) is 47.7 Å². The van der Waals surface area contributed by atoms with Gasteiger partial charge in [0.2, 0.25) is 0 Å². The number of aromatic nitrogens is 2. The highest BCUT2D eigenvalue weighted by Gasteiger charge is 2.19. The highest BCUT2D eigenvalue weighted by molar-refractivity contribution is 6.06. The summed E-state index contributed by atoms with van der Waals surface area (Å²) in [5.74, 6) is -0.283. The van der Waals surface area contributed by atoms with Crippen LogP contribution in [0.25, 0.3) is 22.4 Å². The molecular weight excluding hydrogens is 297 g/mol. The Bertz CT molecular complexity index is 830. The van der Waals surface area contributed by atoms with Gasteiger partial charge < -0.3 is 9.84 Å². The quantitative estimate of drug-likeness (QED) is 0.734. The SMILES string of the molecule is Cc1noc2nc(-c3ccccc3)cc(C(=O)NCCCF)c12. The number of halogens is 1. The van der Waals surface area contributed by atoms with Crippen LogP contribution in [0, 0.1) is 6.92 Å². The average molecular weight is 313 g/mol. The van der Waals surface area contributed by atoms with Gasteiger partial charge in [0.1, 0.15) is 0 Å². The van der Waals surface area contributed by atoms with Crippen LogP contribution in [0.1, 0.15) is 22.5 Å². The zero-order valence-electron chi connectivity index (χ0n) is 12.7. The first-order chi connectivity index (χ1) is 11.2. The zero-order chi connectivity index (χ0) is 16.2. The number of rotatable bonds is 5. The van der Waals surface area contributed by atoms with E-state index in [0.29, 0.717) is 28.1 Å². The van der Waals surface area contributed by atoms with E-state index in [9.17, 15) is 9.18 Å². The van der Waals surface area contributed by atoms with Gasteiger partial charge in [-0.15, -0.1) is 0 Å². The van der Waals surface area contributed by atoms with E-state index in [2.05, 4.69) is 15.5 Å². The van der Waals surface area contributed by atoms with E-state index < -0.39 is 6.67 Å². The largest absolute Gasteiger partial charge is 0.352 e. The van der Waals surface area contributed by atoms with Crippen molar-refractivity contribution >= 4 is 17.0 Å². The molecule has 5 nitrogen and oxygen atoms in total. The van der Waals surface area contributed by atoms with Crippen LogP contribution in [-0.2, 0) is 0 Å². The lowest BCUT2D eigenvalue weighted by molar-refractivity contribution is 0.0954. The molecule has 0 saturated heterocycles. The number of hydrogen-bond donors (Lipinski definition) is 1. The van der Waals surface area contributed by atoms with E-state index in [4.69, 9.17) is 4.52 Å². The van der Waals surface area contributed by atoms with Crippen molar-refractivity contribution in [2.45, 2.75) is 13.3 Å². The van der Waals surface area contributed by atoms with Gasteiger partial charge in [-0.05, 0) is 19.4 Å². The molecule has 0 bridgehead atoms. The van der Waals surface area contributed by atoms with E-state index in [1.54, 1.807) is 13.0 Å². The monoisotopic (exact) mass is 313 g/mol. The Kier molecular flexibility index (Phi) is 4.32. The molecule has 0 saturated carbocycles. The van der Waals surface area contributed by atoms with Crippen molar-refractivity contribution in [3.8, 4) is 11.3 Å². The number of carbonyl (C=O) groups excluding carboxylic acids is 1. The fourth-order valence-corrected chi connectivity index (χ4v) is 2.39. The molecule has 2 heterocycles. The van der Waals surface area contributed by atoms with Crippen LogP contribution >= 0.6 is 0 Å². The Morgan fingerprint density at radius 3 is 2.83 bits per heavy atom. The average Bonchev–Trinajstić information content (AvgIpc) is 2.96. The summed E-state index contributed by atoms with van der Waals surface area (Å²) in [5, 5.41) is 7.19. The molecule has 3 rings (SSSR count). The first-order valence-corrected chi connectivity index (χ1v) is 7.37. The van der Waals surface area contributed by atoms with Gasteiger partial charge in [-0.2, -0.15) is 0 Å². The van der Waals surface area contributed by atoms with Gasteiger partial charge in [0.15, 0.2) is 0 Å². The molecule has 0 aliphatic rings. The maximum Gasteiger partial charge on any atom is 0.259 e. The minimum absolute atomic E-state index is 0.282. The topological polar surface area (TPSA) is 68.0 Å². The van der Waals surface area contributed by atoms with E-state index in [0.717, 1.165) is 5.56 Å². The van der Waals surface area contributed by atoms with Crippen molar-refractivity contribution in [3.63, 3.8) is 0 Å². The first kappa shape index (κ1) is 15.1. The van der Waals surface area contributed by atoms with Gasteiger partial charge >= 0.3 is 0 Å². The number of alkyl halides is 1. The van der Waals surface area contributed by atoms with Gasteiger partial charge in [0, 0.05) is 12.1 Å². The molecule has 1 aromatic carbocycles.